The number of rotatable bonds is 4. The third-order valence-corrected chi connectivity index (χ3v) is 5.20. The Kier molecular flexibility index (Phi) is 5.35. The van der Waals surface area contributed by atoms with E-state index >= 15 is 0 Å². The molecule has 0 aromatic heterocycles. The number of ether oxygens (including phenoxy) is 1. The Labute approximate surface area is 178 Å². The Balaban J connectivity index is 1.89. The number of hydrogen-bond acceptors (Lipinski definition) is 3. The summed E-state index contributed by atoms with van der Waals surface area (Å²) in [4.78, 5) is 12.7. The molecule has 0 N–H and O–H groups in total. The maximum Gasteiger partial charge on any atom is 0.417 e. The second-order valence-electron chi connectivity index (χ2n) is 7.19. The molecule has 1 amide bonds. The number of allylic oxidation sites excluding steroid dienone is 3. The van der Waals surface area contributed by atoms with Crippen LogP contribution in [0.1, 0.15) is 31.0 Å². The maximum absolute atomic E-state index is 13.4. The van der Waals surface area contributed by atoms with Crippen LogP contribution in [0.4, 0.5) is 13.2 Å². The highest BCUT2D eigenvalue weighted by molar-refractivity contribution is 5.85. The van der Waals surface area contributed by atoms with Crippen LogP contribution in [0, 0.1) is 0 Å². The fourth-order valence-electron chi connectivity index (χ4n) is 3.91. The number of carbonyl (C=O) groups is 1. The highest BCUT2D eigenvalue weighted by atomic mass is 19.4. The average molecular weight is 426 g/mol. The maximum atomic E-state index is 13.4. The van der Waals surface area contributed by atoms with Crippen LogP contribution in [0.15, 0.2) is 84.2 Å². The molecule has 2 aromatic rings. The molecule has 160 valence electrons. The number of hydrogen-bond donors (Lipinski definition) is 0. The van der Waals surface area contributed by atoms with Gasteiger partial charge in [-0.1, -0.05) is 42.5 Å². The van der Waals surface area contributed by atoms with E-state index in [0.29, 0.717) is 18.1 Å². The van der Waals surface area contributed by atoms with Gasteiger partial charge in [0.1, 0.15) is 11.8 Å². The number of benzene rings is 2. The van der Waals surface area contributed by atoms with E-state index in [4.69, 9.17) is 4.74 Å². The van der Waals surface area contributed by atoms with Crippen molar-refractivity contribution >= 4 is 11.5 Å². The van der Waals surface area contributed by atoms with E-state index in [1.54, 1.807) is 12.1 Å². The minimum absolute atomic E-state index is 0.365. The Bertz CT molecular complexity index is 1070. The molecule has 1 atom stereocenters. The zero-order valence-corrected chi connectivity index (χ0v) is 17.1. The topological polar surface area (TPSA) is 32.8 Å². The van der Waals surface area contributed by atoms with E-state index in [-0.39, 0.29) is 5.91 Å². The van der Waals surface area contributed by atoms with Gasteiger partial charge < -0.3 is 4.74 Å². The van der Waals surface area contributed by atoms with Crippen LogP contribution in [0.3, 0.4) is 0 Å². The largest absolute Gasteiger partial charge is 0.494 e. The molecule has 0 fully saturated rings. The normalized spacial score (nSPS) is 18.2. The van der Waals surface area contributed by atoms with Gasteiger partial charge in [-0.2, -0.15) is 13.2 Å². The first-order chi connectivity index (χ1) is 14.8. The number of hydrazine groups is 1. The molecule has 2 aromatic carbocycles. The molecule has 4 rings (SSSR count). The molecular weight excluding hydrogens is 405 g/mol. The molecule has 31 heavy (non-hydrogen) atoms. The van der Waals surface area contributed by atoms with Gasteiger partial charge in [0.15, 0.2) is 0 Å². The molecule has 2 heterocycles. The number of fused-ring (bicyclic) bond motifs is 1. The van der Waals surface area contributed by atoms with Crippen molar-refractivity contribution in [1.82, 2.24) is 10.0 Å². The molecule has 0 saturated carbocycles. The lowest BCUT2D eigenvalue weighted by atomic mass is 9.91. The third kappa shape index (κ3) is 3.83. The van der Waals surface area contributed by atoms with Crippen LogP contribution in [-0.4, -0.2) is 28.7 Å². The van der Waals surface area contributed by atoms with Gasteiger partial charge in [-0.05, 0) is 42.3 Å². The van der Waals surface area contributed by atoms with E-state index < -0.39 is 17.8 Å². The van der Waals surface area contributed by atoms with Gasteiger partial charge in [-0.15, -0.1) is 0 Å². The van der Waals surface area contributed by atoms with Crippen LogP contribution < -0.4 is 4.74 Å². The Hall–Kier alpha value is -3.48. The summed E-state index contributed by atoms with van der Waals surface area (Å²) in [5.74, 6) is 0.319. The quantitative estimate of drug-likeness (QED) is 0.635. The number of halogens is 3. The van der Waals surface area contributed by atoms with Gasteiger partial charge in [0, 0.05) is 18.7 Å². The standard InChI is InChI=1S/C24H21F3N2O2/c1-3-31-20-12-9-18(10-13-20)23-22(17-7-5-4-6-8-17)21-14-11-19(24(25,26)27)15-28(21)29(23)16(2)30/h4-15,23H,3H2,1-2H3. The van der Waals surface area contributed by atoms with Crippen molar-refractivity contribution in [3.63, 3.8) is 0 Å². The molecule has 1 unspecified atom stereocenters. The zero-order valence-electron chi connectivity index (χ0n) is 17.1. The Morgan fingerprint density at radius 3 is 2.29 bits per heavy atom. The molecule has 0 bridgehead atoms. The van der Waals surface area contributed by atoms with Crippen molar-refractivity contribution in [3.05, 3.63) is 95.3 Å². The average Bonchev–Trinajstić information content (AvgIpc) is 3.09. The van der Waals surface area contributed by atoms with E-state index in [2.05, 4.69) is 0 Å². The minimum Gasteiger partial charge on any atom is -0.494 e. The molecule has 2 aliphatic heterocycles. The van der Waals surface area contributed by atoms with Gasteiger partial charge in [0.2, 0.25) is 5.91 Å². The van der Waals surface area contributed by atoms with Crippen LogP contribution in [0.25, 0.3) is 5.57 Å². The van der Waals surface area contributed by atoms with Gasteiger partial charge in [0.05, 0.1) is 17.9 Å². The zero-order chi connectivity index (χ0) is 22.2. The summed E-state index contributed by atoms with van der Waals surface area (Å²) in [6, 6.07) is 16.1. The smallest absolute Gasteiger partial charge is 0.417 e. The molecule has 0 spiro atoms. The first kappa shape index (κ1) is 20.8. The van der Waals surface area contributed by atoms with Gasteiger partial charge in [0.25, 0.3) is 0 Å². The van der Waals surface area contributed by atoms with Crippen molar-refractivity contribution in [2.75, 3.05) is 6.61 Å². The monoisotopic (exact) mass is 426 g/mol. The van der Waals surface area contributed by atoms with Crippen LogP contribution >= 0.6 is 0 Å². The molecule has 7 heteroatoms. The summed E-state index contributed by atoms with van der Waals surface area (Å²) < 4.78 is 45.7. The number of nitrogens with zero attached hydrogens (tertiary/aromatic N) is 2. The Morgan fingerprint density at radius 2 is 1.71 bits per heavy atom. The lowest BCUT2D eigenvalue weighted by Gasteiger charge is -2.34. The van der Waals surface area contributed by atoms with Crippen molar-refractivity contribution in [2.24, 2.45) is 0 Å². The molecule has 4 nitrogen and oxygen atoms in total. The SMILES string of the molecule is CCOc1ccc(C2C(c3ccccc3)=C3C=CC(C(F)(F)F)=CN3N2C(C)=O)cc1. The first-order valence-electron chi connectivity index (χ1n) is 9.89. The summed E-state index contributed by atoms with van der Waals surface area (Å²) in [7, 11) is 0. The van der Waals surface area contributed by atoms with Crippen molar-refractivity contribution in [1.29, 1.82) is 0 Å². The summed E-state index contributed by atoms with van der Waals surface area (Å²) in [5, 5.41) is 2.68. The summed E-state index contributed by atoms with van der Waals surface area (Å²) in [5.41, 5.74) is 2.08. The molecular formula is C24H21F3N2O2. The predicted molar refractivity (Wildman–Crippen MR) is 111 cm³/mol. The first-order valence-corrected chi connectivity index (χ1v) is 9.89. The van der Waals surface area contributed by atoms with E-state index in [9.17, 15) is 18.0 Å². The summed E-state index contributed by atoms with van der Waals surface area (Å²) in [6.45, 7) is 3.76. The van der Waals surface area contributed by atoms with Crippen LogP contribution in [-0.2, 0) is 4.79 Å². The number of carbonyl (C=O) groups excluding carboxylic acids is 1. The van der Waals surface area contributed by atoms with Gasteiger partial charge >= 0.3 is 6.18 Å². The number of alkyl halides is 3. The second kappa shape index (κ2) is 7.98. The van der Waals surface area contributed by atoms with Crippen LogP contribution in [0.5, 0.6) is 5.75 Å². The minimum atomic E-state index is -4.52. The lowest BCUT2D eigenvalue weighted by molar-refractivity contribution is -0.141. The third-order valence-electron chi connectivity index (χ3n) is 5.20. The van der Waals surface area contributed by atoms with Crippen molar-refractivity contribution in [2.45, 2.75) is 26.1 Å². The number of amides is 1. The fourth-order valence-corrected chi connectivity index (χ4v) is 3.91. The van der Waals surface area contributed by atoms with Gasteiger partial charge in [-0.25, -0.2) is 5.01 Å². The van der Waals surface area contributed by atoms with E-state index in [0.717, 1.165) is 29.0 Å². The van der Waals surface area contributed by atoms with Crippen molar-refractivity contribution in [3.8, 4) is 5.75 Å². The highest BCUT2D eigenvalue weighted by Crippen LogP contribution is 2.48. The fraction of sp³-hybridized carbons (Fsp3) is 0.208. The molecule has 2 aliphatic rings. The molecule has 0 radical (unpaired) electrons. The predicted octanol–water partition coefficient (Wildman–Crippen LogP) is 5.63. The second-order valence-corrected chi connectivity index (χ2v) is 7.19. The summed E-state index contributed by atoms with van der Waals surface area (Å²) in [6.07, 6.45) is -1.06. The van der Waals surface area contributed by atoms with Gasteiger partial charge in [-0.3, -0.25) is 9.80 Å². The van der Waals surface area contributed by atoms with E-state index in [1.807, 2.05) is 49.4 Å². The summed E-state index contributed by atoms with van der Waals surface area (Å²) >= 11 is 0. The highest BCUT2D eigenvalue weighted by Gasteiger charge is 2.44. The van der Waals surface area contributed by atoms with E-state index in [1.165, 1.54) is 23.0 Å². The molecule has 0 aliphatic carbocycles. The molecule has 0 saturated heterocycles. The Morgan fingerprint density at radius 1 is 1.03 bits per heavy atom. The van der Waals surface area contributed by atoms with Crippen LogP contribution in [0.2, 0.25) is 0 Å². The lowest BCUT2D eigenvalue weighted by Crippen LogP contribution is -2.40. The van der Waals surface area contributed by atoms with Crippen molar-refractivity contribution < 1.29 is 22.7 Å².